The second-order valence-electron chi connectivity index (χ2n) is 4.72. The van der Waals surface area contributed by atoms with Crippen LogP contribution >= 0.6 is 15.9 Å². The van der Waals surface area contributed by atoms with Gasteiger partial charge in [0.2, 0.25) is 0 Å². The molecule has 0 saturated heterocycles. The van der Waals surface area contributed by atoms with Crippen LogP contribution in [-0.2, 0) is 16.1 Å². The summed E-state index contributed by atoms with van der Waals surface area (Å²) in [5.41, 5.74) is 2.34. The summed E-state index contributed by atoms with van der Waals surface area (Å²) in [5.74, 6) is -0.0186. The number of rotatable bonds is 5. The molecule has 0 amide bonds. The molecule has 1 aromatic carbocycles. The molecule has 1 N–H and O–H groups in total. The first kappa shape index (κ1) is 15.2. The Morgan fingerprint density at radius 3 is 2.61 bits per heavy atom. The van der Waals surface area contributed by atoms with Crippen molar-refractivity contribution < 1.29 is 9.53 Å². The number of aryl methyl sites for hydroxylation is 1. The van der Waals surface area contributed by atoms with Crippen LogP contribution in [0.15, 0.2) is 22.7 Å². The number of carbonyl (C=O) groups is 1. The Kier molecular flexibility index (Phi) is 5.82. The lowest BCUT2D eigenvalue weighted by atomic mass is 10.0. The van der Waals surface area contributed by atoms with Crippen LogP contribution in [0.2, 0.25) is 0 Å². The highest BCUT2D eigenvalue weighted by molar-refractivity contribution is 9.10. The zero-order valence-electron chi connectivity index (χ0n) is 11.3. The zero-order chi connectivity index (χ0) is 13.7. The predicted octanol–water partition coefficient (Wildman–Crippen LogP) is 3.04. The lowest BCUT2D eigenvalue weighted by Crippen LogP contribution is -2.41. The standard InChI is InChI=1S/C14H20BrNO2/c1-9(2)13(14(17)18-4)16-8-11-6-5-10(3)7-12(11)15/h5-7,9,13,16H,8H2,1-4H3/t13-/m0/s1. The lowest BCUT2D eigenvalue weighted by molar-refractivity contribution is -0.144. The highest BCUT2D eigenvalue weighted by Gasteiger charge is 2.22. The summed E-state index contributed by atoms with van der Waals surface area (Å²) in [6.45, 7) is 6.68. The van der Waals surface area contributed by atoms with Gasteiger partial charge in [-0.05, 0) is 30.0 Å². The maximum Gasteiger partial charge on any atom is 0.323 e. The first-order valence-electron chi connectivity index (χ1n) is 6.02. The van der Waals surface area contributed by atoms with Gasteiger partial charge in [0.25, 0.3) is 0 Å². The molecule has 0 aliphatic rings. The Morgan fingerprint density at radius 2 is 2.11 bits per heavy atom. The molecule has 0 radical (unpaired) electrons. The maximum atomic E-state index is 11.6. The van der Waals surface area contributed by atoms with E-state index in [0.717, 1.165) is 10.0 Å². The Balaban J connectivity index is 2.70. The van der Waals surface area contributed by atoms with E-state index in [1.54, 1.807) is 0 Å². The van der Waals surface area contributed by atoms with Gasteiger partial charge >= 0.3 is 5.97 Å². The van der Waals surface area contributed by atoms with Crippen molar-refractivity contribution in [1.82, 2.24) is 5.32 Å². The van der Waals surface area contributed by atoms with Gasteiger partial charge in [-0.15, -0.1) is 0 Å². The van der Waals surface area contributed by atoms with Crippen LogP contribution in [0.1, 0.15) is 25.0 Å². The first-order valence-corrected chi connectivity index (χ1v) is 6.81. The van der Waals surface area contributed by atoms with Crippen molar-refractivity contribution >= 4 is 21.9 Å². The molecule has 0 unspecified atom stereocenters. The molecule has 0 bridgehead atoms. The van der Waals surface area contributed by atoms with Gasteiger partial charge in [-0.3, -0.25) is 4.79 Å². The van der Waals surface area contributed by atoms with Crippen LogP contribution in [0.4, 0.5) is 0 Å². The summed E-state index contributed by atoms with van der Waals surface area (Å²) in [7, 11) is 1.42. The van der Waals surface area contributed by atoms with E-state index in [9.17, 15) is 4.79 Å². The Labute approximate surface area is 117 Å². The van der Waals surface area contributed by atoms with Crippen molar-refractivity contribution in [2.45, 2.75) is 33.4 Å². The van der Waals surface area contributed by atoms with Crippen molar-refractivity contribution in [3.8, 4) is 0 Å². The van der Waals surface area contributed by atoms with E-state index < -0.39 is 0 Å². The minimum Gasteiger partial charge on any atom is -0.468 e. The minimum atomic E-state index is -0.275. The summed E-state index contributed by atoms with van der Waals surface area (Å²) in [4.78, 5) is 11.6. The number of esters is 1. The van der Waals surface area contributed by atoms with Crippen LogP contribution in [0.25, 0.3) is 0 Å². The van der Waals surface area contributed by atoms with E-state index in [1.165, 1.54) is 12.7 Å². The number of halogens is 1. The van der Waals surface area contributed by atoms with Crippen LogP contribution < -0.4 is 5.32 Å². The molecule has 4 heteroatoms. The van der Waals surface area contributed by atoms with Crippen LogP contribution in [0.5, 0.6) is 0 Å². The maximum absolute atomic E-state index is 11.6. The highest BCUT2D eigenvalue weighted by Crippen LogP contribution is 2.18. The molecule has 0 saturated carbocycles. The number of methoxy groups -OCH3 is 1. The second kappa shape index (κ2) is 6.90. The summed E-state index contributed by atoms with van der Waals surface area (Å²) >= 11 is 3.53. The fourth-order valence-corrected chi connectivity index (χ4v) is 2.37. The molecule has 3 nitrogen and oxygen atoms in total. The molecular weight excluding hydrogens is 294 g/mol. The molecule has 1 atom stereocenters. The molecule has 0 spiro atoms. The fourth-order valence-electron chi connectivity index (χ4n) is 1.73. The molecule has 0 fully saturated rings. The van der Waals surface area contributed by atoms with Gasteiger partial charge in [0.1, 0.15) is 6.04 Å². The summed E-state index contributed by atoms with van der Waals surface area (Å²) < 4.78 is 5.86. The van der Waals surface area contributed by atoms with Gasteiger partial charge in [-0.1, -0.05) is 41.9 Å². The van der Waals surface area contributed by atoms with Crippen molar-refractivity contribution in [3.05, 3.63) is 33.8 Å². The quantitative estimate of drug-likeness (QED) is 0.849. The average molecular weight is 314 g/mol. The summed E-state index contributed by atoms with van der Waals surface area (Å²) in [5, 5.41) is 3.24. The van der Waals surface area contributed by atoms with Gasteiger partial charge in [0, 0.05) is 11.0 Å². The molecule has 18 heavy (non-hydrogen) atoms. The highest BCUT2D eigenvalue weighted by atomic mass is 79.9. The smallest absolute Gasteiger partial charge is 0.323 e. The van der Waals surface area contributed by atoms with E-state index in [1.807, 2.05) is 20.8 Å². The van der Waals surface area contributed by atoms with Gasteiger partial charge in [-0.2, -0.15) is 0 Å². The molecule has 1 aromatic rings. The average Bonchev–Trinajstić information content (AvgIpc) is 2.31. The van der Waals surface area contributed by atoms with Gasteiger partial charge < -0.3 is 10.1 Å². The van der Waals surface area contributed by atoms with Gasteiger partial charge in [-0.25, -0.2) is 0 Å². The Hall–Kier alpha value is -0.870. The molecule has 0 aliphatic carbocycles. The van der Waals surface area contributed by atoms with Crippen LogP contribution in [0, 0.1) is 12.8 Å². The van der Waals surface area contributed by atoms with Crippen LogP contribution in [0.3, 0.4) is 0 Å². The molecule has 100 valence electrons. The predicted molar refractivity (Wildman–Crippen MR) is 76.4 cm³/mol. The number of carbonyl (C=O) groups excluding carboxylic acids is 1. The fraction of sp³-hybridized carbons (Fsp3) is 0.500. The van der Waals surface area contributed by atoms with Gasteiger partial charge in [0.05, 0.1) is 7.11 Å². The minimum absolute atomic E-state index is 0.196. The topological polar surface area (TPSA) is 38.3 Å². The van der Waals surface area contributed by atoms with Crippen LogP contribution in [-0.4, -0.2) is 19.1 Å². The zero-order valence-corrected chi connectivity index (χ0v) is 12.9. The Morgan fingerprint density at radius 1 is 1.44 bits per heavy atom. The largest absolute Gasteiger partial charge is 0.468 e. The molecule has 0 aromatic heterocycles. The Bertz CT molecular complexity index is 418. The third-order valence-electron chi connectivity index (χ3n) is 2.84. The monoisotopic (exact) mass is 313 g/mol. The van der Waals surface area contributed by atoms with Crippen molar-refractivity contribution in [2.24, 2.45) is 5.92 Å². The lowest BCUT2D eigenvalue weighted by Gasteiger charge is -2.20. The van der Waals surface area contributed by atoms with Gasteiger partial charge in [0.15, 0.2) is 0 Å². The van der Waals surface area contributed by atoms with Crippen molar-refractivity contribution in [3.63, 3.8) is 0 Å². The van der Waals surface area contributed by atoms with E-state index in [0.29, 0.717) is 6.54 Å². The molecule has 1 rings (SSSR count). The summed E-state index contributed by atoms with van der Waals surface area (Å²) in [6.07, 6.45) is 0. The second-order valence-corrected chi connectivity index (χ2v) is 5.57. The van der Waals surface area contributed by atoms with E-state index in [-0.39, 0.29) is 17.9 Å². The normalized spacial score (nSPS) is 12.6. The number of nitrogens with one attached hydrogen (secondary N) is 1. The third kappa shape index (κ3) is 4.10. The third-order valence-corrected chi connectivity index (χ3v) is 3.58. The molecule has 0 aliphatic heterocycles. The number of hydrogen-bond acceptors (Lipinski definition) is 3. The van der Waals surface area contributed by atoms with E-state index in [2.05, 4.69) is 39.4 Å². The van der Waals surface area contributed by atoms with E-state index in [4.69, 9.17) is 4.74 Å². The molecular formula is C14H20BrNO2. The number of benzene rings is 1. The number of hydrogen-bond donors (Lipinski definition) is 1. The first-order chi connectivity index (χ1) is 8.45. The molecule has 0 heterocycles. The van der Waals surface area contributed by atoms with E-state index >= 15 is 0 Å². The SMILES string of the molecule is COC(=O)[C@@H](NCc1ccc(C)cc1Br)C(C)C. The summed E-state index contributed by atoms with van der Waals surface area (Å²) in [6, 6.07) is 5.91. The number of ether oxygens (including phenoxy) is 1. The van der Waals surface area contributed by atoms with Crippen molar-refractivity contribution in [2.75, 3.05) is 7.11 Å². The van der Waals surface area contributed by atoms with Crippen molar-refractivity contribution in [1.29, 1.82) is 0 Å².